The number of aromatic nitrogens is 1. The maximum atomic E-state index is 4.85. The van der Waals surface area contributed by atoms with Crippen LogP contribution in [0.2, 0.25) is 0 Å². The molecule has 0 fully saturated rings. The van der Waals surface area contributed by atoms with E-state index in [4.69, 9.17) is 4.98 Å². The molecular weight excluding hydrogens is 539 g/mol. The van der Waals surface area contributed by atoms with Crippen LogP contribution in [0.25, 0.3) is 86.0 Å². The highest BCUT2D eigenvalue weighted by Gasteiger charge is 2.17. The number of benzene rings is 7. The van der Waals surface area contributed by atoms with E-state index >= 15 is 0 Å². The van der Waals surface area contributed by atoms with Gasteiger partial charge in [0.05, 0.1) is 10.4 Å². The lowest BCUT2D eigenvalue weighted by Crippen LogP contribution is -1.91. The van der Waals surface area contributed by atoms with E-state index in [0.29, 0.717) is 0 Å². The molecule has 43 heavy (non-hydrogen) atoms. The monoisotopic (exact) mass is 563 g/mol. The van der Waals surface area contributed by atoms with Crippen LogP contribution >= 0.6 is 11.3 Å². The molecule has 0 saturated carbocycles. The number of pyridine rings is 1. The van der Waals surface area contributed by atoms with Crippen LogP contribution in [0.4, 0.5) is 0 Å². The standard InChI is InChI=1S/C41H25NS/c1-2-10-29-25-30(22-17-26(29)9-1)39-34-14-5-3-12-32(34)38(33-13-4-6-15-35(33)39)27-18-20-28(21-19-27)40-41-36(23-24-42-40)31-11-7-8-16-37(31)43-41/h1-25H. The van der Waals surface area contributed by atoms with Crippen molar-refractivity contribution in [2.45, 2.75) is 0 Å². The minimum atomic E-state index is 1.05. The molecule has 200 valence electrons. The summed E-state index contributed by atoms with van der Waals surface area (Å²) in [5, 5.41) is 10.2. The molecule has 0 aliphatic heterocycles. The summed E-state index contributed by atoms with van der Waals surface area (Å²) in [4.78, 5) is 4.85. The lowest BCUT2D eigenvalue weighted by Gasteiger charge is -2.18. The van der Waals surface area contributed by atoms with Gasteiger partial charge in [-0.1, -0.05) is 127 Å². The molecule has 0 aliphatic carbocycles. The van der Waals surface area contributed by atoms with Crippen LogP contribution in [-0.2, 0) is 0 Å². The van der Waals surface area contributed by atoms with E-state index in [-0.39, 0.29) is 0 Å². The first-order valence-electron chi connectivity index (χ1n) is 14.6. The summed E-state index contributed by atoms with van der Waals surface area (Å²) in [5.74, 6) is 0. The number of thiophene rings is 1. The van der Waals surface area contributed by atoms with Gasteiger partial charge in [-0.3, -0.25) is 4.98 Å². The highest BCUT2D eigenvalue weighted by Crippen LogP contribution is 2.45. The normalized spacial score (nSPS) is 11.7. The Bertz CT molecular complexity index is 2450. The number of nitrogens with zero attached hydrogens (tertiary/aromatic N) is 1. The van der Waals surface area contributed by atoms with Crippen LogP contribution in [-0.4, -0.2) is 4.98 Å². The van der Waals surface area contributed by atoms with E-state index in [1.54, 1.807) is 0 Å². The van der Waals surface area contributed by atoms with Gasteiger partial charge in [0.1, 0.15) is 0 Å². The molecule has 2 aromatic heterocycles. The van der Waals surface area contributed by atoms with Gasteiger partial charge < -0.3 is 0 Å². The SMILES string of the molecule is c1ccc2cc(-c3c4ccccc4c(-c4ccc(-c5nccc6c5sc5ccccc56)cc4)c4ccccc34)ccc2c1. The molecule has 2 heteroatoms. The summed E-state index contributed by atoms with van der Waals surface area (Å²) >= 11 is 1.83. The van der Waals surface area contributed by atoms with E-state index in [1.807, 2.05) is 17.5 Å². The van der Waals surface area contributed by atoms with Crippen LogP contribution in [0.15, 0.2) is 152 Å². The van der Waals surface area contributed by atoms with Crippen molar-refractivity contribution in [3.05, 3.63) is 152 Å². The maximum Gasteiger partial charge on any atom is 0.0880 e. The summed E-state index contributed by atoms with van der Waals surface area (Å²) in [6, 6.07) is 53.0. The Labute approximate surface area is 253 Å². The summed E-state index contributed by atoms with van der Waals surface area (Å²) in [5.41, 5.74) is 7.21. The van der Waals surface area contributed by atoms with Crippen molar-refractivity contribution in [2.75, 3.05) is 0 Å². The lowest BCUT2D eigenvalue weighted by atomic mass is 9.85. The van der Waals surface area contributed by atoms with E-state index in [1.165, 1.54) is 74.7 Å². The van der Waals surface area contributed by atoms with Gasteiger partial charge in [-0.15, -0.1) is 11.3 Å². The topological polar surface area (TPSA) is 12.9 Å². The summed E-state index contributed by atoms with van der Waals surface area (Å²) in [6.07, 6.45) is 1.94. The van der Waals surface area contributed by atoms with E-state index in [0.717, 1.165) is 11.3 Å². The fraction of sp³-hybridized carbons (Fsp3) is 0. The third-order valence-electron chi connectivity index (χ3n) is 8.71. The molecule has 9 aromatic rings. The minimum absolute atomic E-state index is 1.05. The van der Waals surface area contributed by atoms with Gasteiger partial charge in [-0.2, -0.15) is 0 Å². The average molecular weight is 564 g/mol. The second-order valence-corrected chi connectivity index (χ2v) is 12.2. The molecule has 1 nitrogen and oxygen atoms in total. The molecule has 0 saturated heterocycles. The molecule has 7 aromatic carbocycles. The van der Waals surface area contributed by atoms with Crippen LogP contribution in [0, 0.1) is 0 Å². The Morgan fingerprint density at radius 2 is 0.930 bits per heavy atom. The molecule has 0 bridgehead atoms. The van der Waals surface area contributed by atoms with Gasteiger partial charge in [0.15, 0.2) is 0 Å². The fourth-order valence-corrected chi connectivity index (χ4v) is 7.96. The number of fused-ring (bicyclic) bond motifs is 6. The van der Waals surface area contributed by atoms with E-state index < -0.39 is 0 Å². The molecular formula is C41H25NS. The Kier molecular flexibility index (Phi) is 5.44. The molecule has 0 amide bonds. The van der Waals surface area contributed by atoms with Crippen molar-refractivity contribution in [3.63, 3.8) is 0 Å². The first kappa shape index (κ1) is 24.3. The van der Waals surface area contributed by atoms with Crippen LogP contribution < -0.4 is 0 Å². The van der Waals surface area contributed by atoms with Crippen LogP contribution in [0.5, 0.6) is 0 Å². The quantitative estimate of drug-likeness (QED) is 0.195. The molecule has 0 unspecified atom stereocenters. The first-order valence-corrected chi connectivity index (χ1v) is 15.4. The van der Waals surface area contributed by atoms with Crippen molar-refractivity contribution in [3.8, 4) is 33.5 Å². The zero-order valence-corrected chi connectivity index (χ0v) is 24.1. The lowest BCUT2D eigenvalue weighted by molar-refractivity contribution is 1.37. The molecule has 0 aliphatic rings. The van der Waals surface area contributed by atoms with E-state index in [9.17, 15) is 0 Å². The Morgan fingerprint density at radius 3 is 1.63 bits per heavy atom. The summed E-state index contributed by atoms with van der Waals surface area (Å²) in [6.45, 7) is 0. The third kappa shape index (κ3) is 3.81. The molecule has 0 atom stereocenters. The molecule has 0 N–H and O–H groups in total. The molecule has 2 heterocycles. The predicted molar refractivity (Wildman–Crippen MR) is 186 cm³/mol. The second kappa shape index (κ2) is 9.62. The summed E-state index contributed by atoms with van der Waals surface area (Å²) in [7, 11) is 0. The van der Waals surface area contributed by atoms with Gasteiger partial charge in [0.2, 0.25) is 0 Å². The maximum absolute atomic E-state index is 4.85. The number of hydrogen-bond donors (Lipinski definition) is 0. The molecule has 9 rings (SSSR count). The van der Waals surface area contributed by atoms with Crippen molar-refractivity contribution >= 4 is 63.8 Å². The Balaban J connectivity index is 1.25. The zero-order valence-electron chi connectivity index (χ0n) is 23.3. The van der Waals surface area contributed by atoms with Crippen molar-refractivity contribution in [1.82, 2.24) is 4.98 Å². The number of hydrogen-bond acceptors (Lipinski definition) is 2. The highest BCUT2D eigenvalue weighted by atomic mass is 32.1. The molecule has 0 spiro atoms. The average Bonchev–Trinajstić information content (AvgIpc) is 3.46. The molecule has 0 radical (unpaired) electrons. The second-order valence-electron chi connectivity index (χ2n) is 11.1. The number of rotatable bonds is 3. The minimum Gasteiger partial charge on any atom is -0.255 e. The fourth-order valence-electron chi connectivity index (χ4n) is 6.75. The van der Waals surface area contributed by atoms with Gasteiger partial charge in [-0.05, 0) is 72.8 Å². The summed E-state index contributed by atoms with van der Waals surface area (Å²) < 4.78 is 2.54. The van der Waals surface area contributed by atoms with Crippen LogP contribution in [0.3, 0.4) is 0 Å². The van der Waals surface area contributed by atoms with Gasteiger partial charge in [0, 0.05) is 27.2 Å². The Morgan fingerprint density at radius 1 is 0.395 bits per heavy atom. The largest absolute Gasteiger partial charge is 0.255 e. The van der Waals surface area contributed by atoms with Crippen molar-refractivity contribution < 1.29 is 0 Å². The van der Waals surface area contributed by atoms with Crippen LogP contribution in [0.1, 0.15) is 0 Å². The van der Waals surface area contributed by atoms with E-state index in [2.05, 4.69) is 146 Å². The Hall–Kier alpha value is -5.31. The smallest absolute Gasteiger partial charge is 0.0880 e. The predicted octanol–water partition coefficient (Wildman–Crippen LogP) is 11.9. The third-order valence-corrected chi connectivity index (χ3v) is 9.90. The van der Waals surface area contributed by atoms with Gasteiger partial charge in [0.25, 0.3) is 0 Å². The van der Waals surface area contributed by atoms with Gasteiger partial charge >= 0.3 is 0 Å². The van der Waals surface area contributed by atoms with Gasteiger partial charge in [-0.25, -0.2) is 0 Å². The highest BCUT2D eigenvalue weighted by molar-refractivity contribution is 7.26. The van der Waals surface area contributed by atoms with Crippen molar-refractivity contribution in [2.24, 2.45) is 0 Å². The van der Waals surface area contributed by atoms with Crippen molar-refractivity contribution in [1.29, 1.82) is 0 Å². The first-order chi connectivity index (χ1) is 21.3. The zero-order chi connectivity index (χ0) is 28.3.